The van der Waals surface area contributed by atoms with E-state index >= 15 is 0 Å². The van der Waals surface area contributed by atoms with Crippen LogP contribution >= 0.6 is 0 Å². The van der Waals surface area contributed by atoms with Crippen LogP contribution in [0.15, 0.2) is 24.4 Å². The lowest BCUT2D eigenvalue weighted by molar-refractivity contribution is 1.09. The van der Waals surface area contributed by atoms with Crippen molar-refractivity contribution in [1.29, 1.82) is 0 Å². The number of hydrogen-bond acceptors (Lipinski definition) is 6. The number of rotatable bonds is 4. The number of anilines is 4. The molecule has 2 rings (SSSR count). The fourth-order valence-electron chi connectivity index (χ4n) is 1.94. The Bertz CT molecular complexity index is 609. The van der Waals surface area contributed by atoms with E-state index in [9.17, 15) is 0 Å². The maximum atomic E-state index is 5.34. The number of nitrogen functional groups attached to an aromatic ring is 1. The average Bonchev–Trinajstić information content (AvgIpc) is 2.43. The van der Waals surface area contributed by atoms with Crippen molar-refractivity contribution in [2.45, 2.75) is 13.8 Å². The molecule has 0 spiro atoms. The van der Waals surface area contributed by atoms with Crippen LogP contribution in [0.1, 0.15) is 11.1 Å². The average molecular weight is 272 g/mol. The molecular weight excluding hydrogens is 252 g/mol. The summed E-state index contributed by atoms with van der Waals surface area (Å²) >= 11 is 0. The topological polar surface area (TPSA) is 79.1 Å². The van der Waals surface area contributed by atoms with E-state index in [1.807, 2.05) is 27.1 Å². The highest BCUT2D eigenvalue weighted by molar-refractivity contribution is 5.67. The summed E-state index contributed by atoms with van der Waals surface area (Å²) in [6.45, 7) is 4.04. The van der Waals surface area contributed by atoms with Crippen LogP contribution in [-0.2, 0) is 0 Å². The van der Waals surface area contributed by atoms with Crippen molar-refractivity contribution in [1.82, 2.24) is 9.97 Å². The van der Waals surface area contributed by atoms with Gasteiger partial charge in [-0.15, -0.1) is 0 Å². The summed E-state index contributed by atoms with van der Waals surface area (Å²) in [5, 5.41) is 3.30. The standard InChI is InChI=1S/C14H20N6/c1-9-5-6-11(7-12(9)20(3)4)17-13-10(2)8-16-14(18-13)19-15/h5-8H,15H2,1-4H3,(H2,16,17,18,19). The molecule has 0 saturated heterocycles. The van der Waals surface area contributed by atoms with Gasteiger partial charge in [-0.1, -0.05) is 6.07 Å². The number of hydrazine groups is 1. The number of nitrogens with two attached hydrogens (primary N) is 1. The van der Waals surface area contributed by atoms with E-state index < -0.39 is 0 Å². The highest BCUT2D eigenvalue weighted by Gasteiger charge is 2.06. The third-order valence-corrected chi connectivity index (χ3v) is 3.05. The van der Waals surface area contributed by atoms with Crippen molar-refractivity contribution < 1.29 is 0 Å². The van der Waals surface area contributed by atoms with Crippen molar-refractivity contribution in [3.05, 3.63) is 35.5 Å². The van der Waals surface area contributed by atoms with Crippen LogP contribution in [0.5, 0.6) is 0 Å². The second kappa shape index (κ2) is 5.75. The Labute approximate surface area is 119 Å². The predicted molar refractivity (Wildman–Crippen MR) is 83.4 cm³/mol. The molecule has 0 unspecified atom stereocenters. The van der Waals surface area contributed by atoms with Crippen LogP contribution in [0.2, 0.25) is 0 Å². The van der Waals surface area contributed by atoms with Crippen molar-refractivity contribution in [2.75, 3.05) is 29.7 Å². The van der Waals surface area contributed by atoms with Crippen molar-refractivity contribution in [3.8, 4) is 0 Å². The molecule has 0 aliphatic carbocycles. The molecule has 106 valence electrons. The Morgan fingerprint density at radius 3 is 2.55 bits per heavy atom. The van der Waals surface area contributed by atoms with Gasteiger partial charge >= 0.3 is 0 Å². The van der Waals surface area contributed by atoms with Gasteiger partial charge in [-0.3, -0.25) is 5.43 Å². The Hall–Kier alpha value is -2.34. The molecule has 0 atom stereocenters. The van der Waals surface area contributed by atoms with Crippen LogP contribution in [0.3, 0.4) is 0 Å². The van der Waals surface area contributed by atoms with Gasteiger partial charge in [0, 0.05) is 37.2 Å². The van der Waals surface area contributed by atoms with Crippen LogP contribution in [-0.4, -0.2) is 24.1 Å². The lowest BCUT2D eigenvalue weighted by atomic mass is 10.1. The van der Waals surface area contributed by atoms with Crippen LogP contribution in [0.25, 0.3) is 0 Å². The molecule has 0 aliphatic heterocycles. The van der Waals surface area contributed by atoms with Gasteiger partial charge in [0.1, 0.15) is 5.82 Å². The third kappa shape index (κ3) is 2.97. The van der Waals surface area contributed by atoms with Gasteiger partial charge in [0.15, 0.2) is 0 Å². The van der Waals surface area contributed by atoms with Crippen molar-refractivity contribution in [2.24, 2.45) is 5.84 Å². The summed E-state index contributed by atoms with van der Waals surface area (Å²) in [6, 6.07) is 6.20. The molecule has 1 aromatic heterocycles. The van der Waals surface area contributed by atoms with E-state index in [4.69, 9.17) is 5.84 Å². The zero-order valence-electron chi connectivity index (χ0n) is 12.2. The minimum Gasteiger partial charge on any atom is -0.377 e. The highest BCUT2D eigenvalue weighted by atomic mass is 15.3. The number of aryl methyl sites for hydroxylation is 2. The van der Waals surface area contributed by atoms with Gasteiger partial charge in [-0.05, 0) is 31.5 Å². The van der Waals surface area contributed by atoms with Gasteiger partial charge in [0.25, 0.3) is 0 Å². The quantitative estimate of drug-likeness (QED) is 0.585. The van der Waals surface area contributed by atoms with E-state index in [-0.39, 0.29) is 0 Å². The summed E-state index contributed by atoms with van der Waals surface area (Å²) in [5.74, 6) is 6.46. The molecule has 0 bridgehead atoms. The Morgan fingerprint density at radius 1 is 1.15 bits per heavy atom. The van der Waals surface area contributed by atoms with E-state index in [1.165, 1.54) is 11.3 Å². The largest absolute Gasteiger partial charge is 0.377 e. The first kappa shape index (κ1) is 14.1. The molecule has 4 N–H and O–H groups in total. The van der Waals surface area contributed by atoms with E-state index in [2.05, 4.69) is 44.7 Å². The zero-order valence-corrected chi connectivity index (χ0v) is 12.2. The van der Waals surface area contributed by atoms with E-state index in [0.29, 0.717) is 5.95 Å². The van der Waals surface area contributed by atoms with Crippen LogP contribution in [0, 0.1) is 13.8 Å². The number of benzene rings is 1. The number of nitrogens with zero attached hydrogens (tertiary/aromatic N) is 3. The first-order chi connectivity index (χ1) is 9.51. The minimum absolute atomic E-state index is 0.387. The summed E-state index contributed by atoms with van der Waals surface area (Å²) < 4.78 is 0. The van der Waals surface area contributed by atoms with Gasteiger partial charge in [0.2, 0.25) is 5.95 Å². The van der Waals surface area contributed by atoms with Gasteiger partial charge in [-0.25, -0.2) is 10.8 Å². The molecule has 6 nitrogen and oxygen atoms in total. The normalized spacial score (nSPS) is 10.2. The smallest absolute Gasteiger partial charge is 0.239 e. The number of aromatic nitrogens is 2. The van der Waals surface area contributed by atoms with Gasteiger partial charge in [0.05, 0.1) is 0 Å². The molecule has 6 heteroatoms. The van der Waals surface area contributed by atoms with E-state index in [0.717, 1.165) is 17.1 Å². The van der Waals surface area contributed by atoms with Crippen molar-refractivity contribution >= 4 is 23.1 Å². The molecule has 1 heterocycles. The molecule has 1 aromatic carbocycles. The lowest BCUT2D eigenvalue weighted by Crippen LogP contribution is -2.12. The molecule has 0 amide bonds. The maximum absolute atomic E-state index is 5.34. The molecule has 0 saturated carbocycles. The van der Waals surface area contributed by atoms with Crippen molar-refractivity contribution in [3.63, 3.8) is 0 Å². The summed E-state index contributed by atoms with van der Waals surface area (Å²) in [7, 11) is 4.05. The SMILES string of the molecule is Cc1ccc(Nc2nc(NN)ncc2C)cc1N(C)C. The number of nitrogens with one attached hydrogen (secondary N) is 2. The molecule has 20 heavy (non-hydrogen) atoms. The second-order valence-corrected chi connectivity index (χ2v) is 4.89. The first-order valence-corrected chi connectivity index (χ1v) is 6.36. The third-order valence-electron chi connectivity index (χ3n) is 3.05. The summed E-state index contributed by atoms with van der Waals surface area (Å²) in [6.07, 6.45) is 1.73. The molecular formula is C14H20N6. The Balaban J connectivity index is 2.32. The monoisotopic (exact) mass is 272 g/mol. The van der Waals surface area contributed by atoms with Gasteiger partial charge < -0.3 is 10.2 Å². The van der Waals surface area contributed by atoms with Crippen LogP contribution < -0.4 is 21.5 Å². The molecule has 0 fully saturated rings. The fraction of sp³-hybridized carbons (Fsp3) is 0.286. The predicted octanol–water partition coefficient (Wildman–Crippen LogP) is 2.19. The number of hydrogen-bond donors (Lipinski definition) is 3. The summed E-state index contributed by atoms with van der Waals surface area (Å²) in [4.78, 5) is 10.5. The fourth-order valence-corrected chi connectivity index (χ4v) is 1.94. The lowest BCUT2D eigenvalue weighted by Gasteiger charge is -2.17. The molecule has 2 aromatic rings. The molecule has 0 aliphatic rings. The zero-order chi connectivity index (χ0) is 14.7. The second-order valence-electron chi connectivity index (χ2n) is 4.89. The van der Waals surface area contributed by atoms with Crippen LogP contribution in [0.4, 0.5) is 23.1 Å². The summed E-state index contributed by atoms with van der Waals surface area (Å²) in [5.41, 5.74) is 6.77. The Morgan fingerprint density at radius 2 is 1.90 bits per heavy atom. The first-order valence-electron chi connectivity index (χ1n) is 6.36. The molecule has 0 radical (unpaired) electrons. The highest BCUT2D eigenvalue weighted by Crippen LogP contribution is 2.25. The van der Waals surface area contributed by atoms with Gasteiger partial charge in [-0.2, -0.15) is 4.98 Å². The maximum Gasteiger partial charge on any atom is 0.239 e. The minimum atomic E-state index is 0.387. The van der Waals surface area contributed by atoms with E-state index in [1.54, 1.807) is 6.20 Å². The Kier molecular flexibility index (Phi) is 4.05.